The SMILES string of the molecule is O=C(O)/C=C/c1cc(F)cc(OCc2ccc(O)cc2)c1. The number of phenolic OH excluding ortho intramolecular Hbond substituents is 1. The van der Waals surface area contributed by atoms with Gasteiger partial charge in [0.2, 0.25) is 0 Å². The Balaban J connectivity index is 2.09. The first kappa shape index (κ1) is 14.6. The molecule has 0 aliphatic heterocycles. The van der Waals surface area contributed by atoms with Crippen molar-refractivity contribution in [2.45, 2.75) is 6.61 Å². The number of carbonyl (C=O) groups is 1. The number of hydrogen-bond donors (Lipinski definition) is 2. The van der Waals surface area contributed by atoms with Crippen LogP contribution in [0.25, 0.3) is 6.08 Å². The van der Waals surface area contributed by atoms with Gasteiger partial charge in [-0.1, -0.05) is 12.1 Å². The quantitative estimate of drug-likeness (QED) is 0.829. The third kappa shape index (κ3) is 4.65. The third-order valence-electron chi connectivity index (χ3n) is 2.65. The predicted molar refractivity (Wildman–Crippen MR) is 75.5 cm³/mol. The average Bonchev–Trinajstić information content (AvgIpc) is 2.44. The molecule has 5 heteroatoms. The van der Waals surface area contributed by atoms with E-state index in [2.05, 4.69) is 0 Å². The molecule has 2 N–H and O–H groups in total. The van der Waals surface area contributed by atoms with Gasteiger partial charge in [-0.15, -0.1) is 0 Å². The minimum absolute atomic E-state index is 0.158. The van der Waals surface area contributed by atoms with E-state index in [0.29, 0.717) is 11.3 Å². The molecule has 0 atom stereocenters. The van der Waals surface area contributed by atoms with Gasteiger partial charge in [0, 0.05) is 12.1 Å². The molecular weight excluding hydrogens is 275 g/mol. The van der Waals surface area contributed by atoms with Crippen LogP contribution in [-0.4, -0.2) is 16.2 Å². The standard InChI is InChI=1S/C16H13FO4/c17-13-7-12(3-6-16(19)20)8-15(9-13)21-10-11-1-4-14(18)5-2-11/h1-9,18H,10H2,(H,19,20)/b6-3+. The number of carboxylic acid groups (broad SMARTS) is 1. The van der Waals surface area contributed by atoms with Crippen molar-refractivity contribution in [2.75, 3.05) is 0 Å². The van der Waals surface area contributed by atoms with Crippen LogP contribution in [-0.2, 0) is 11.4 Å². The van der Waals surface area contributed by atoms with E-state index in [9.17, 15) is 14.3 Å². The lowest BCUT2D eigenvalue weighted by Gasteiger charge is -2.07. The van der Waals surface area contributed by atoms with Crippen LogP contribution < -0.4 is 4.74 Å². The zero-order valence-electron chi connectivity index (χ0n) is 11.0. The fourth-order valence-corrected chi connectivity index (χ4v) is 1.69. The Kier molecular flexibility index (Phi) is 4.56. The summed E-state index contributed by atoms with van der Waals surface area (Å²) in [7, 11) is 0. The Morgan fingerprint density at radius 3 is 2.57 bits per heavy atom. The van der Waals surface area contributed by atoms with Gasteiger partial charge < -0.3 is 14.9 Å². The molecule has 0 unspecified atom stereocenters. The number of phenols is 1. The highest BCUT2D eigenvalue weighted by atomic mass is 19.1. The van der Waals surface area contributed by atoms with Gasteiger partial charge in [-0.3, -0.25) is 0 Å². The molecule has 0 amide bonds. The van der Waals surface area contributed by atoms with Gasteiger partial charge in [-0.25, -0.2) is 9.18 Å². The summed E-state index contributed by atoms with van der Waals surface area (Å²) >= 11 is 0. The van der Waals surface area contributed by atoms with Gasteiger partial charge in [0.25, 0.3) is 0 Å². The smallest absolute Gasteiger partial charge is 0.328 e. The molecule has 0 saturated heterocycles. The predicted octanol–water partition coefficient (Wildman–Crippen LogP) is 3.21. The molecule has 0 bridgehead atoms. The lowest BCUT2D eigenvalue weighted by Crippen LogP contribution is -1.96. The maximum Gasteiger partial charge on any atom is 0.328 e. The summed E-state index contributed by atoms with van der Waals surface area (Å²) in [6, 6.07) is 10.4. The number of aliphatic carboxylic acids is 1. The number of aromatic hydroxyl groups is 1. The summed E-state index contributed by atoms with van der Waals surface area (Å²) in [5.74, 6) is -1.16. The Bertz CT molecular complexity index is 662. The van der Waals surface area contributed by atoms with E-state index in [-0.39, 0.29) is 12.4 Å². The van der Waals surface area contributed by atoms with Crippen molar-refractivity contribution in [3.05, 3.63) is 65.5 Å². The van der Waals surface area contributed by atoms with Gasteiger partial charge >= 0.3 is 5.97 Å². The van der Waals surface area contributed by atoms with Crippen LogP contribution in [0.5, 0.6) is 11.5 Å². The molecule has 2 aromatic rings. The van der Waals surface area contributed by atoms with Crippen LogP contribution in [0.3, 0.4) is 0 Å². The van der Waals surface area contributed by atoms with Crippen molar-refractivity contribution < 1.29 is 24.1 Å². The largest absolute Gasteiger partial charge is 0.508 e. The molecule has 0 spiro atoms. The molecule has 0 aromatic heterocycles. The molecule has 0 heterocycles. The van der Waals surface area contributed by atoms with Crippen molar-refractivity contribution in [3.63, 3.8) is 0 Å². The van der Waals surface area contributed by atoms with Crippen molar-refractivity contribution in [2.24, 2.45) is 0 Å². The zero-order valence-corrected chi connectivity index (χ0v) is 11.0. The molecule has 2 rings (SSSR count). The summed E-state index contributed by atoms with van der Waals surface area (Å²) in [6.07, 6.45) is 2.22. The van der Waals surface area contributed by atoms with Gasteiger partial charge in [0.05, 0.1) is 0 Å². The second kappa shape index (κ2) is 6.56. The first-order valence-corrected chi connectivity index (χ1v) is 6.15. The number of rotatable bonds is 5. The fraction of sp³-hybridized carbons (Fsp3) is 0.0625. The Labute approximate surface area is 120 Å². The highest BCUT2D eigenvalue weighted by molar-refractivity contribution is 5.85. The molecule has 108 valence electrons. The minimum atomic E-state index is -1.11. The summed E-state index contributed by atoms with van der Waals surface area (Å²) in [5.41, 5.74) is 1.22. The topological polar surface area (TPSA) is 66.8 Å². The molecule has 2 aromatic carbocycles. The second-order valence-electron chi connectivity index (χ2n) is 4.35. The molecule has 4 nitrogen and oxygen atoms in total. The maximum absolute atomic E-state index is 13.4. The Hall–Kier alpha value is -2.82. The maximum atomic E-state index is 13.4. The molecule has 0 fully saturated rings. The molecule has 21 heavy (non-hydrogen) atoms. The van der Waals surface area contributed by atoms with Gasteiger partial charge in [0.1, 0.15) is 23.9 Å². The monoisotopic (exact) mass is 288 g/mol. The van der Waals surface area contributed by atoms with E-state index in [0.717, 1.165) is 11.6 Å². The van der Waals surface area contributed by atoms with E-state index < -0.39 is 11.8 Å². The third-order valence-corrected chi connectivity index (χ3v) is 2.65. The van der Waals surface area contributed by atoms with Crippen LogP contribution in [0.4, 0.5) is 4.39 Å². The van der Waals surface area contributed by atoms with Gasteiger partial charge in [-0.05, 0) is 41.5 Å². The van der Waals surface area contributed by atoms with E-state index >= 15 is 0 Å². The van der Waals surface area contributed by atoms with E-state index in [1.165, 1.54) is 30.3 Å². The van der Waals surface area contributed by atoms with Crippen molar-refractivity contribution in [1.29, 1.82) is 0 Å². The average molecular weight is 288 g/mol. The molecule has 0 aliphatic rings. The Morgan fingerprint density at radius 2 is 1.90 bits per heavy atom. The molecular formula is C16H13FO4. The lowest BCUT2D eigenvalue weighted by molar-refractivity contribution is -0.131. The molecule has 0 saturated carbocycles. The Morgan fingerprint density at radius 1 is 1.19 bits per heavy atom. The van der Waals surface area contributed by atoms with E-state index in [4.69, 9.17) is 9.84 Å². The van der Waals surface area contributed by atoms with E-state index in [1.807, 2.05) is 0 Å². The van der Waals surface area contributed by atoms with Crippen molar-refractivity contribution in [3.8, 4) is 11.5 Å². The zero-order chi connectivity index (χ0) is 15.2. The van der Waals surface area contributed by atoms with Crippen molar-refractivity contribution >= 4 is 12.0 Å². The fourth-order valence-electron chi connectivity index (χ4n) is 1.69. The number of ether oxygens (including phenoxy) is 1. The van der Waals surface area contributed by atoms with Crippen molar-refractivity contribution in [1.82, 2.24) is 0 Å². The first-order chi connectivity index (χ1) is 10.0. The van der Waals surface area contributed by atoms with E-state index in [1.54, 1.807) is 18.2 Å². The number of benzene rings is 2. The number of halogens is 1. The minimum Gasteiger partial charge on any atom is -0.508 e. The normalized spacial score (nSPS) is 10.7. The number of hydrogen-bond acceptors (Lipinski definition) is 3. The van der Waals surface area contributed by atoms with Crippen LogP contribution in [0, 0.1) is 5.82 Å². The van der Waals surface area contributed by atoms with Crippen LogP contribution in [0.1, 0.15) is 11.1 Å². The van der Waals surface area contributed by atoms with Crippen LogP contribution >= 0.6 is 0 Å². The van der Waals surface area contributed by atoms with Gasteiger partial charge in [0.15, 0.2) is 0 Å². The summed E-state index contributed by atoms with van der Waals surface area (Å²) < 4.78 is 18.9. The summed E-state index contributed by atoms with van der Waals surface area (Å²) in [5, 5.41) is 17.7. The molecule has 0 radical (unpaired) electrons. The first-order valence-electron chi connectivity index (χ1n) is 6.15. The highest BCUT2D eigenvalue weighted by Gasteiger charge is 2.02. The summed E-state index contributed by atoms with van der Waals surface area (Å²) in [4.78, 5) is 10.4. The summed E-state index contributed by atoms with van der Waals surface area (Å²) in [6.45, 7) is 0.214. The van der Waals surface area contributed by atoms with Crippen LogP contribution in [0.15, 0.2) is 48.5 Å². The lowest BCUT2D eigenvalue weighted by atomic mass is 10.2. The highest BCUT2D eigenvalue weighted by Crippen LogP contribution is 2.19. The van der Waals surface area contributed by atoms with Gasteiger partial charge in [-0.2, -0.15) is 0 Å². The molecule has 0 aliphatic carbocycles. The van der Waals surface area contributed by atoms with Crippen LogP contribution in [0.2, 0.25) is 0 Å². The number of carboxylic acids is 1. The second-order valence-corrected chi connectivity index (χ2v) is 4.35.